The van der Waals surface area contributed by atoms with E-state index in [1.165, 1.54) is 7.11 Å². The largest absolute Gasteiger partial charge is 0.468 e. The predicted octanol–water partition coefficient (Wildman–Crippen LogP) is 0.447. The van der Waals surface area contributed by atoms with E-state index in [0.29, 0.717) is 10.7 Å². The number of hydrogen-bond donors (Lipinski definition) is 1. The third kappa shape index (κ3) is 4.42. The van der Waals surface area contributed by atoms with Crippen LogP contribution < -0.4 is 4.72 Å². The number of ether oxygens (including phenoxy) is 2. The molecule has 0 spiro atoms. The van der Waals surface area contributed by atoms with Crippen molar-refractivity contribution < 1.29 is 27.5 Å². The van der Waals surface area contributed by atoms with E-state index in [-0.39, 0.29) is 19.6 Å². The van der Waals surface area contributed by atoms with Gasteiger partial charge in [-0.1, -0.05) is 30.3 Å². The minimum absolute atomic E-state index is 0.00729. The molecule has 2 rings (SSSR count). The van der Waals surface area contributed by atoms with Crippen LogP contribution >= 0.6 is 0 Å². The molecule has 1 aromatic carbocycles. The van der Waals surface area contributed by atoms with Crippen molar-refractivity contribution in [2.24, 2.45) is 0 Å². The molecule has 1 heterocycles. The lowest BCUT2D eigenvalue weighted by atomic mass is 10.1. The van der Waals surface area contributed by atoms with E-state index in [1.807, 2.05) is 30.3 Å². The highest BCUT2D eigenvalue weighted by molar-refractivity contribution is 7.87. The Kier molecular flexibility index (Phi) is 5.56. The van der Waals surface area contributed by atoms with Crippen molar-refractivity contribution in [2.45, 2.75) is 18.9 Å². The second-order valence-electron chi connectivity index (χ2n) is 4.91. The van der Waals surface area contributed by atoms with Crippen molar-refractivity contribution in [3.63, 3.8) is 0 Å². The number of cyclic esters (lactones) is 1. The number of esters is 1. The fourth-order valence-electron chi connectivity index (χ4n) is 2.16. The van der Waals surface area contributed by atoms with Crippen molar-refractivity contribution in [3.8, 4) is 0 Å². The highest BCUT2D eigenvalue weighted by Gasteiger charge is 2.36. The Hall–Kier alpha value is -2.13. The molecule has 1 aliphatic rings. The van der Waals surface area contributed by atoms with Crippen LogP contribution in [-0.2, 0) is 30.9 Å². The van der Waals surface area contributed by atoms with E-state index in [4.69, 9.17) is 0 Å². The first-order chi connectivity index (χ1) is 10.9. The number of methoxy groups -OCH3 is 1. The lowest BCUT2D eigenvalue weighted by molar-refractivity contribution is -0.142. The molecule has 0 unspecified atom stereocenters. The normalized spacial score (nSPS) is 16.0. The zero-order valence-electron chi connectivity index (χ0n) is 12.6. The van der Waals surface area contributed by atoms with Crippen molar-refractivity contribution >= 4 is 22.3 Å². The molecule has 1 saturated heterocycles. The topological polar surface area (TPSA) is 102 Å². The number of nitrogens with zero attached hydrogens (tertiary/aromatic N) is 1. The molecule has 8 nitrogen and oxygen atoms in total. The van der Waals surface area contributed by atoms with Crippen LogP contribution in [0.3, 0.4) is 0 Å². The summed E-state index contributed by atoms with van der Waals surface area (Å²) in [6, 6.07) is 8.24. The zero-order chi connectivity index (χ0) is 16.9. The van der Waals surface area contributed by atoms with Crippen molar-refractivity contribution in [1.29, 1.82) is 0 Å². The van der Waals surface area contributed by atoms with Crippen LogP contribution in [0.15, 0.2) is 30.3 Å². The van der Waals surface area contributed by atoms with Gasteiger partial charge in [-0.05, 0) is 18.4 Å². The monoisotopic (exact) mass is 342 g/mol. The van der Waals surface area contributed by atoms with E-state index >= 15 is 0 Å². The molecule has 0 aromatic heterocycles. The lowest BCUT2D eigenvalue weighted by Crippen LogP contribution is -2.49. The molecule has 1 amide bonds. The number of carbonyl (C=O) groups is 2. The first-order valence-electron chi connectivity index (χ1n) is 7.02. The van der Waals surface area contributed by atoms with Gasteiger partial charge in [0.05, 0.1) is 13.7 Å². The van der Waals surface area contributed by atoms with Gasteiger partial charge >= 0.3 is 22.3 Å². The molecule has 9 heteroatoms. The predicted molar refractivity (Wildman–Crippen MR) is 80.7 cm³/mol. The Balaban J connectivity index is 2.06. The van der Waals surface area contributed by atoms with E-state index in [1.54, 1.807) is 0 Å². The van der Waals surface area contributed by atoms with Gasteiger partial charge in [0.1, 0.15) is 12.6 Å². The van der Waals surface area contributed by atoms with Crippen molar-refractivity contribution in [2.75, 3.05) is 20.3 Å². The summed E-state index contributed by atoms with van der Waals surface area (Å²) < 4.78 is 36.4. The van der Waals surface area contributed by atoms with E-state index in [9.17, 15) is 18.0 Å². The Morgan fingerprint density at radius 1 is 1.39 bits per heavy atom. The summed E-state index contributed by atoms with van der Waals surface area (Å²) in [7, 11) is -2.98. The average molecular weight is 342 g/mol. The molecule has 1 aliphatic heterocycles. The number of amides is 1. The van der Waals surface area contributed by atoms with Crippen molar-refractivity contribution in [1.82, 2.24) is 9.03 Å². The van der Waals surface area contributed by atoms with Crippen LogP contribution in [0.5, 0.6) is 0 Å². The van der Waals surface area contributed by atoms with Gasteiger partial charge in [-0.2, -0.15) is 17.4 Å². The van der Waals surface area contributed by atoms with E-state index < -0.39 is 28.3 Å². The molecular weight excluding hydrogens is 324 g/mol. The van der Waals surface area contributed by atoms with Crippen LogP contribution in [0, 0.1) is 0 Å². The van der Waals surface area contributed by atoms with Gasteiger partial charge in [-0.25, -0.2) is 4.79 Å². The van der Waals surface area contributed by atoms with Gasteiger partial charge < -0.3 is 9.47 Å². The molecule has 23 heavy (non-hydrogen) atoms. The van der Waals surface area contributed by atoms with Gasteiger partial charge in [0.15, 0.2) is 0 Å². The Morgan fingerprint density at radius 2 is 2.09 bits per heavy atom. The molecule has 0 aliphatic carbocycles. The summed E-state index contributed by atoms with van der Waals surface area (Å²) in [4.78, 5) is 23.2. The SMILES string of the molecule is COC(=O)[C@@H](CCc1ccccc1)NS(=O)(=O)N1CCOC1=O. The van der Waals surface area contributed by atoms with Crippen LogP contribution in [0.1, 0.15) is 12.0 Å². The first kappa shape index (κ1) is 17.2. The highest BCUT2D eigenvalue weighted by Crippen LogP contribution is 2.12. The van der Waals surface area contributed by atoms with Crippen LogP contribution in [-0.4, -0.2) is 51.1 Å². The Bertz CT molecular complexity index is 661. The van der Waals surface area contributed by atoms with Gasteiger partial charge in [-0.3, -0.25) is 4.79 Å². The quantitative estimate of drug-likeness (QED) is 0.722. The van der Waals surface area contributed by atoms with Crippen LogP contribution in [0.4, 0.5) is 4.79 Å². The maximum absolute atomic E-state index is 12.2. The zero-order valence-corrected chi connectivity index (χ0v) is 13.4. The molecule has 1 aromatic rings. The minimum atomic E-state index is -4.16. The highest BCUT2D eigenvalue weighted by atomic mass is 32.2. The second kappa shape index (κ2) is 7.42. The van der Waals surface area contributed by atoms with Gasteiger partial charge in [0, 0.05) is 0 Å². The fraction of sp³-hybridized carbons (Fsp3) is 0.429. The standard InChI is InChI=1S/C14H18N2O6S/c1-21-13(17)12(8-7-11-5-3-2-4-6-11)15-23(19,20)16-9-10-22-14(16)18/h2-6,12,15H,7-10H2,1H3/t12-/m1/s1. The average Bonchev–Trinajstić information content (AvgIpc) is 2.98. The summed E-state index contributed by atoms with van der Waals surface area (Å²) in [5, 5.41) is 0. The van der Waals surface area contributed by atoms with Crippen LogP contribution in [0.25, 0.3) is 0 Å². The number of aryl methyl sites for hydroxylation is 1. The molecule has 0 radical (unpaired) electrons. The van der Waals surface area contributed by atoms with Crippen LogP contribution in [0.2, 0.25) is 0 Å². The van der Waals surface area contributed by atoms with E-state index in [0.717, 1.165) is 5.56 Å². The lowest BCUT2D eigenvalue weighted by Gasteiger charge is -2.20. The molecule has 0 saturated carbocycles. The number of hydrogen-bond acceptors (Lipinski definition) is 6. The molecule has 1 fully saturated rings. The smallest absolute Gasteiger partial charge is 0.424 e. The number of carbonyl (C=O) groups excluding carboxylic acids is 2. The molecule has 0 bridgehead atoms. The molecule has 126 valence electrons. The molecule has 1 N–H and O–H groups in total. The summed E-state index contributed by atoms with van der Waals surface area (Å²) in [6.45, 7) is -0.0899. The van der Waals surface area contributed by atoms with E-state index in [2.05, 4.69) is 14.2 Å². The third-order valence-electron chi connectivity index (χ3n) is 3.36. The van der Waals surface area contributed by atoms with Gasteiger partial charge in [-0.15, -0.1) is 0 Å². The first-order valence-corrected chi connectivity index (χ1v) is 8.46. The summed E-state index contributed by atoms with van der Waals surface area (Å²) in [6.07, 6.45) is -0.268. The number of benzene rings is 1. The number of rotatable bonds is 7. The molecule has 1 atom stereocenters. The second-order valence-corrected chi connectivity index (χ2v) is 6.54. The summed E-state index contributed by atoms with van der Waals surface area (Å²) >= 11 is 0. The van der Waals surface area contributed by atoms with Gasteiger partial charge in [0.2, 0.25) is 0 Å². The Morgan fingerprint density at radius 3 is 2.65 bits per heavy atom. The maximum atomic E-state index is 12.2. The fourth-order valence-corrected chi connectivity index (χ4v) is 3.43. The third-order valence-corrected chi connectivity index (χ3v) is 4.85. The Labute approximate surface area is 134 Å². The number of nitrogens with one attached hydrogen (secondary N) is 1. The van der Waals surface area contributed by atoms with Gasteiger partial charge in [0.25, 0.3) is 0 Å². The minimum Gasteiger partial charge on any atom is -0.468 e. The van der Waals surface area contributed by atoms with Crippen molar-refractivity contribution in [3.05, 3.63) is 35.9 Å². The molecular formula is C14H18N2O6S. The summed E-state index contributed by atoms with van der Waals surface area (Å²) in [5.74, 6) is -0.711. The summed E-state index contributed by atoms with van der Waals surface area (Å²) in [5.41, 5.74) is 0.959. The maximum Gasteiger partial charge on any atom is 0.424 e.